The molecule has 0 saturated carbocycles. The van der Waals surface area contributed by atoms with Crippen LogP contribution in [0.2, 0.25) is 0 Å². The Labute approximate surface area is 112 Å². The highest BCUT2D eigenvalue weighted by molar-refractivity contribution is 7.51. The summed E-state index contributed by atoms with van der Waals surface area (Å²) in [6.45, 7) is 6.61. The van der Waals surface area contributed by atoms with Crippen LogP contribution in [0.1, 0.15) is 58.8 Å². The van der Waals surface area contributed by atoms with Gasteiger partial charge in [0.05, 0.1) is 12.7 Å². The standard InChI is InChI=1S/C13H29O4P/c1-13(2)16-11-9-7-5-4-6-8-10-12-17-18(3,14)15/h13H,4-12H2,1-3H3,(H,14,15). The van der Waals surface area contributed by atoms with Crippen LogP contribution in [-0.2, 0) is 13.8 Å². The van der Waals surface area contributed by atoms with E-state index in [0.717, 1.165) is 25.9 Å². The molecule has 18 heavy (non-hydrogen) atoms. The number of rotatable bonds is 12. The summed E-state index contributed by atoms with van der Waals surface area (Å²) in [5.41, 5.74) is 0. The van der Waals surface area contributed by atoms with Gasteiger partial charge in [0.25, 0.3) is 0 Å². The van der Waals surface area contributed by atoms with Gasteiger partial charge in [0.15, 0.2) is 0 Å². The molecule has 1 N–H and O–H groups in total. The SMILES string of the molecule is CC(C)OCCCCCCCCCOP(C)(=O)O. The number of unbranched alkanes of at least 4 members (excludes halogenated alkanes) is 6. The van der Waals surface area contributed by atoms with Crippen molar-refractivity contribution in [3.63, 3.8) is 0 Å². The lowest BCUT2D eigenvalue weighted by molar-refractivity contribution is 0.0756. The summed E-state index contributed by atoms with van der Waals surface area (Å²) in [6, 6.07) is 0. The van der Waals surface area contributed by atoms with Crippen molar-refractivity contribution in [1.82, 2.24) is 0 Å². The molecule has 0 aliphatic rings. The van der Waals surface area contributed by atoms with Gasteiger partial charge in [-0.15, -0.1) is 0 Å². The highest BCUT2D eigenvalue weighted by Gasteiger charge is 2.08. The van der Waals surface area contributed by atoms with Crippen LogP contribution in [0, 0.1) is 0 Å². The maximum Gasteiger partial charge on any atom is 0.325 e. The van der Waals surface area contributed by atoms with Gasteiger partial charge in [-0.05, 0) is 26.7 Å². The monoisotopic (exact) mass is 280 g/mol. The average molecular weight is 280 g/mol. The van der Waals surface area contributed by atoms with Gasteiger partial charge in [-0.1, -0.05) is 32.1 Å². The lowest BCUT2D eigenvalue weighted by Gasteiger charge is -2.07. The second kappa shape index (κ2) is 11.0. The summed E-state index contributed by atoms with van der Waals surface area (Å²) in [6.07, 6.45) is 8.30. The zero-order valence-corrected chi connectivity index (χ0v) is 13.0. The third kappa shape index (κ3) is 16.1. The highest BCUT2D eigenvalue weighted by atomic mass is 31.2. The molecule has 0 aromatic carbocycles. The Morgan fingerprint density at radius 3 is 1.83 bits per heavy atom. The molecule has 0 fully saturated rings. The summed E-state index contributed by atoms with van der Waals surface area (Å²) < 4.78 is 21.1. The molecule has 0 saturated heterocycles. The number of ether oxygens (including phenoxy) is 1. The van der Waals surface area contributed by atoms with Crippen molar-refractivity contribution in [2.75, 3.05) is 19.9 Å². The first kappa shape index (κ1) is 18.1. The van der Waals surface area contributed by atoms with Crippen molar-refractivity contribution < 1.29 is 18.7 Å². The fourth-order valence-corrected chi connectivity index (χ4v) is 2.11. The maximum atomic E-state index is 10.8. The molecule has 0 spiro atoms. The summed E-state index contributed by atoms with van der Waals surface area (Å²) in [7, 11) is -3.26. The first-order valence-electron chi connectivity index (χ1n) is 6.98. The average Bonchev–Trinajstić information content (AvgIpc) is 2.24. The predicted molar refractivity (Wildman–Crippen MR) is 75.1 cm³/mol. The molecular weight excluding hydrogens is 251 g/mol. The Morgan fingerprint density at radius 2 is 1.39 bits per heavy atom. The summed E-state index contributed by atoms with van der Waals surface area (Å²) >= 11 is 0. The molecule has 110 valence electrons. The molecule has 0 radical (unpaired) electrons. The van der Waals surface area contributed by atoms with E-state index in [4.69, 9.17) is 14.2 Å². The summed E-state index contributed by atoms with van der Waals surface area (Å²) in [4.78, 5) is 8.90. The van der Waals surface area contributed by atoms with Gasteiger partial charge < -0.3 is 14.2 Å². The third-order valence-corrected chi connectivity index (χ3v) is 3.23. The van der Waals surface area contributed by atoms with E-state index < -0.39 is 7.60 Å². The Hall–Kier alpha value is 0.110. The molecule has 5 heteroatoms. The number of hydrogen-bond acceptors (Lipinski definition) is 3. The van der Waals surface area contributed by atoms with Crippen molar-refractivity contribution in [2.24, 2.45) is 0 Å². The normalized spacial score (nSPS) is 14.9. The Morgan fingerprint density at radius 1 is 0.944 bits per heavy atom. The Bertz CT molecular complexity index is 225. The first-order chi connectivity index (χ1) is 8.42. The van der Waals surface area contributed by atoms with Gasteiger partial charge in [-0.3, -0.25) is 4.57 Å². The van der Waals surface area contributed by atoms with E-state index in [1.54, 1.807) is 0 Å². The van der Waals surface area contributed by atoms with E-state index in [1.165, 1.54) is 32.3 Å². The Balaban J connectivity index is 3.06. The molecule has 1 atom stereocenters. The third-order valence-electron chi connectivity index (χ3n) is 2.57. The van der Waals surface area contributed by atoms with Crippen LogP contribution in [0.5, 0.6) is 0 Å². The maximum absolute atomic E-state index is 10.8. The second-order valence-corrected chi connectivity index (χ2v) is 6.89. The minimum absolute atomic E-state index is 0.339. The van der Waals surface area contributed by atoms with Crippen molar-refractivity contribution in [3.05, 3.63) is 0 Å². The van der Waals surface area contributed by atoms with E-state index >= 15 is 0 Å². The smallest absolute Gasteiger partial charge is 0.325 e. The van der Waals surface area contributed by atoms with Crippen molar-refractivity contribution in [1.29, 1.82) is 0 Å². The molecule has 0 amide bonds. The van der Waals surface area contributed by atoms with E-state index in [1.807, 2.05) is 0 Å². The van der Waals surface area contributed by atoms with Crippen LogP contribution in [0.15, 0.2) is 0 Å². The topological polar surface area (TPSA) is 55.8 Å². The lowest BCUT2D eigenvalue weighted by Crippen LogP contribution is -2.03. The van der Waals surface area contributed by atoms with Gasteiger partial charge in [0.2, 0.25) is 0 Å². The molecule has 4 nitrogen and oxygen atoms in total. The van der Waals surface area contributed by atoms with Gasteiger partial charge >= 0.3 is 7.60 Å². The molecule has 0 heterocycles. The quantitative estimate of drug-likeness (QED) is 0.434. The lowest BCUT2D eigenvalue weighted by atomic mass is 10.1. The fourth-order valence-electron chi connectivity index (χ4n) is 1.64. The largest absolute Gasteiger partial charge is 0.379 e. The molecule has 0 aromatic rings. The second-order valence-electron chi connectivity index (χ2n) is 5.03. The van der Waals surface area contributed by atoms with Crippen molar-refractivity contribution in [3.8, 4) is 0 Å². The van der Waals surface area contributed by atoms with Gasteiger partial charge in [-0.25, -0.2) is 0 Å². The van der Waals surface area contributed by atoms with E-state index in [0.29, 0.717) is 12.7 Å². The molecule has 1 unspecified atom stereocenters. The molecular formula is C13H29O4P. The predicted octanol–water partition coefficient (Wildman–Crippen LogP) is 3.97. The molecule has 0 bridgehead atoms. The van der Waals surface area contributed by atoms with Crippen LogP contribution < -0.4 is 0 Å². The van der Waals surface area contributed by atoms with Crippen molar-refractivity contribution in [2.45, 2.75) is 64.9 Å². The van der Waals surface area contributed by atoms with E-state index in [9.17, 15) is 4.57 Å². The Kier molecular flexibility index (Phi) is 11.0. The first-order valence-corrected chi connectivity index (χ1v) is 9.00. The van der Waals surface area contributed by atoms with E-state index in [2.05, 4.69) is 13.8 Å². The minimum Gasteiger partial charge on any atom is -0.379 e. The summed E-state index contributed by atoms with van der Waals surface area (Å²) in [5, 5.41) is 0. The van der Waals surface area contributed by atoms with Crippen LogP contribution in [0.3, 0.4) is 0 Å². The molecule has 0 aromatic heterocycles. The summed E-state index contributed by atoms with van der Waals surface area (Å²) in [5.74, 6) is 0. The highest BCUT2D eigenvalue weighted by Crippen LogP contribution is 2.36. The van der Waals surface area contributed by atoms with Crippen molar-refractivity contribution >= 4 is 7.60 Å². The fraction of sp³-hybridized carbons (Fsp3) is 1.00. The van der Waals surface area contributed by atoms with Gasteiger partial charge in [0.1, 0.15) is 0 Å². The van der Waals surface area contributed by atoms with Crippen LogP contribution in [0.4, 0.5) is 0 Å². The molecule has 0 aliphatic heterocycles. The van der Waals surface area contributed by atoms with Gasteiger partial charge in [0, 0.05) is 13.3 Å². The van der Waals surface area contributed by atoms with Crippen LogP contribution >= 0.6 is 7.60 Å². The zero-order valence-electron chi connectivity index (χ0n) is 12.1. The van der Waals surface area contributed by atoms with Gasteiger partial charge in [-0.2, -0.15) is 0 Å². The molecule has 0 rings (SSSR count). The zero-order chi connectivity index (χ0) is 13.9. The van der Waals surface area contributed by atoms with Crippen LogP contribution in [-0.4, -0.2) is 30.9 Å². The molecule has 0 aliphatic carbocycles. The minimum atomic E-state index is -3.26. The van der Waals surface area contributed by atoms with E-state index in [-0.39, 0.29) is 0 Å². The number of hydrogen-bond donors (Lipinski definition) is 1. The van der Waals surface area contributed by atoms with Crippen LogP contribution in [0.25, 0.3) is 0 Å².